The van der Waals surface area contributed by atoms with Crippen molar-refractivity contribution in [1.82, 2.24) is 9.88 Å². The van der Waals surface area contributed by atoms with Crippen LogP contribution >= 0.6 is 0 Å². The minimum Gasteiger partial charge on any atom is -0.335 e. The van der Waals surface area contributed by atoms with Crippen LogP contribution in [0.4, 0.5) is 0 Å². The summed E-state index contributed by atoms with van der Waals surface area (Å²) in [5.41, 5.74) is 1.10. The highest BCUT2D eigenvalue weighted by atomic mass is 16.2. The Morgan fingerprint density at radius 3 is 2.67 bits per heavy atom. The minimum atomic E-state index is 0.0526. The number of amides is 1. The summed E-state index contributed by atoms with van der Waals surface area (Å²) in [7, 11) is 0. The molecule has 0 aromatic carbocycles. The van der Waals surface area contributed by atoms with E-state index in [1.165, 1.54) is 0 Å². The third-order valence-corrected chi connectivity index (χ3v) is 2.13. The number of nitrogens with zero attached hydrogens (tertiary/aromatic N) is 2. The van der Waals surface area contributed by atoms with E-state index < -0.39 is 0 Å². The number of hydrogen-bond donors (Lipinski definition) is 0. The molecule has 3 heteroatoms. The van der Waals surface area contributed by atoms with Crippen LogP contribution in [-0.2, 0) is 11.3 Å². The van der Waals surface area contributed by atoms with Gasteiger partial charge < -0.3 is 4.90 Å². The standard InChI is InChI=1S/C12H16N2O/c1-3-5-12(15)14(4-2)10-11-6-8-13-9-7-11/h3,5-9H,4,10H2,1-2H3. The smallest absolute Gasteiger partial charge is 0.246 e. The van der Waals surface area contributed by atoms with E-state index in [0.29, 0.717) is 13.1 Å². The van der Waals surface area contributed by atoms with E-state index in [4.69, 9.17) is 0 Å². The average molecular weight is 204 g/mol. The second-order valence-electron chi connectivity index (χ2n) is 3.21. The Kier molecular flexibility index (Phi) is 4.54. The third-order valence-electron chi connectivity index (χ3n) is 2.13. The first-order valence-electron chi connectivity index (χ1n) is 5.08. The lowest BCUT2D eigenvalue weighted by Gasteiger charge is -2.18. The second-order valence-corrected chi connectivity index (χ2v) is 3.21. The van der Waals surface area contributed by atoms with Crippen LogP contribution in [0.2, 0.25) is 0 Å². The highest BCUT2D eigenvalue weighted by Crippen LogP contribution is 2.03. The van der Waals surface area contributed by atoms with E-state index in [-0.39, 0.29) is 5.91 Å². The van der Waals surface area contributed by atoms with Gasteiger partial charge in [-0.2, -0.15) is 0 Å². The normalized spacial score (nSPS) is 10.5. The fraction of sp³-hybridized carbons (Fsp3) is 0.333. The summed E-state index contributed by atoms with van der Waals surface area (Å²) in [6.45, 7) is 5.18. The molecule has 0 atom stereocenters. The maximum atomic E-state index is 11.6. The molecule has 0 N–H and O–H groups in total. The Labute approximate surface area is 90.4 Å². The number of aromatic nitrogens is 1. The Hall–Kier alpha value is -1.64. The van der Waals surface area contributed by atoms with E-state index in [9.17, 15) is 4.79 Å². The van der Waals surface area contributed by atoms with Gasteiger partial charge in [0.25, 0.3) is 0 Å². The zero-order chi connectivity index (χ0) is 11.1. The molecule has 0 saturated heterocycles. The lowest BCUT2D eigenvalue weighted by molar-refractivity contribution is -0.126. The zero-order valence-corrected chi connectivity index (χ0v) is 9.18. The second kappa shape index (κ2) is 5.96. The Balaban J connectivity index is 2.66. The van der Waals surface area contributed by atoms with Gasteiger partial charge in [0.2, 0.25) is 5.91 Å². The first-order chi connectivity index (χ1) is 7.27. The first kappa shape index (κ1) is 11.4. The topological polar surface area (TPSA) is 33.2 Å². The summed E-state index contributed by atoms with van der Waals surface area (Å²) in [4.78, 5) is 17.3. The van der Waals surface area contributed by atoms with Crippen molar-refractivity contribution in [3.8, 4) is 0 Å². The number of carbonyl (C=O) groups excluding carboxylic acids is 1. The van der Waals surface area contributed by atoms with E-state index in [1.807, 2.05) is 26.0 Å². The van der Waals surface area contributed by atoms with Crippen LogP contribution in [0.5, 0.6) is 0 Å². The molecule has 1 aromatic rings. The fourth-order valence-electron chi connectivity index (χ4n) is 1.30. The van der Waals surface area contributed by atoms with Gasteiger partial charge in [-0.1, -0.05) is 6.08 Å². The Morgan fingerprint density at radius 1 is 1.47 bits per heavy atom. The monoisotopic (exact) mass is 204 g/mol. The molecule has 0 aliphatic heterocycles. The summed E-state index contributed by atoms with van der Waals surface area (Å²) in [6, 6.07) is 3.84. The molecule has 0 spiro atoms. The predicted molar refractivity (Wildman–Crippen MR) is 60.1 cm³/mol. The van der Waals surface area contributed by atoms with Crippen molar-refractivity contribution in [2.24, 2.45) is 0 Å². The van der Waals surface area contributed by atoms with Crippen molar-refractivity contribution >= 4 is 5.91 Å². The van der Waals surface area contributed by atoms with E-state index >= 15 is 0 Å². The van der Waals surface area contributed by atoms with Gasteiger partial charge in [-0.3, -0.25) is 9.78 Å². The maximum absolute atomic E-state index is 11.6. The van der Waals surface area contributed by atoms with Crippen molar-refractivity contribution in [3.63, 3.8) is 0 Å². The van der Waals surface area contributed by atoms with Gasteiger partial charge in [0.15, 0.2) is 0 Å². The summed E-state index contributed by atoms with van der Waals surface area (Å²) in [5, 5.41) is 0. The van der Waals surface area contributed by atoms with Crippen LogP contribution < -0.4 is 0 Å². The minimum absolute atomic E-state index is 0.0526. The van der Waals surface area contributed by atoms with Crippen molar-refractivity contribution < 1.29 is 4.79 Å². The largest absolute Gasteiger partial charge is 0.335 e. The van der Waals surface area contributed by atoms with Crippen molar-refractivity contribution in [3.05, 3.63) is 42.2 Å². The fourth-order valence-corrected chi connectivity index (χ4v) is 1.30. The number of likely N-dealkylation sites (N-methyl/N-ethyl adjacent to an activating group) is 1. The molecular formula is C12H16N2O. The van der Waals surface area contributed by atoms with Gasteiger partial charge in [0, 0.05) is 25.5 Å². The van der Waals surface area contributed by atoms with Gasteiger partial charge in [-0.25, -0.2) is 0 Å². The molecule has 0 unspecified atom stereocenters. The molecule has 0 fully saturated rings. The molecule has 15 heavy (non-hydrogen) atoms. The number of rotatable bonds is 4. The first-order valence-corrected chi connectivity index (χ1v) is 5.08. The van der Waals surface area contributed by atoms with Crippen LogP contribution in [0.15, 0.2) is 36.7 Å². The van der Waals surface area contributed by atoms with Gasteiger partial charge in [-0.05, 0) is 37.6 Å². The number of pyridine rings is 1. The molecule has 1 aromatic heterocycles. The highest BCUT2D eigenvalue weighted by Gasteiger charge is 2.07. The number of allylic oxidation sites excluding steroid dienone is 1. The summed E-state index contributed by atoms with van der Waals surface area (Å²) < 4.78 is 0. The third kappa shape index (κ3) is 3.54. The van der Waals surface area contributed by atoms with Crippen LogP contribution in [0.1, 0.15) is 19.4 Å². The Bertz CT molecular complexity index is 333. The van der Waals surface area contributed by atoms with Gasteiger partial charge in [0.05, 0.1) is 0 Å². The molecule has 3 nitrogen and oxygen atoms in total. The lowest BCUT2D eigenvalue weighted by Crippen LogP contribution is -2.28. The predicted octanol–water partition coefficient (Wildman–Crippen LogP) is 2.01. The number of hydrogen-bond acceptors (Lipinski definition) is 2. The van der Waals surface area contributed by atoms with Crippen LogP contribution in [0.3, 0.4) is 0 Å². The van der Waals surface area contributed by atoms with Gasteiger partial charge in [0.1, 0.15) is 0 Å². The van der Waals surface area contributed by atoms with Crippen LogP contribution in [0, 0.1) is 0 Å². The summed E-state index contributed by atoms with van der Waals surface area (Å²) in [6.07, 6.45) is 6.83. The molecule has 0 aliphatic carbocycles. The van der Waals surface area contributed by atoms with E-state index in [2.05, 4.69) is 4.98 Å². The molecule has 1 amide bonds. The van der Waals surface area contributed by atoms with E-state index in [1.54, 1.807) is 29.4 Å². The van der Waals surface area contributed by atoms with Gasteiger partial charge >= 0.3 is 0 Å². The summed E-state index contributed by atoms with van der Waals surface area (Å²) >= 11 is 0. The van der Waals surface area contributed by atoms with Crippen molar-refractivity contribution in [2.75, 3.05) is 6.54 Å². The SMILES string of the molecule is CC=CC(=O)N(CC)Cc1ccncc1. The van der Waals surface area contributed by atoms with Crippen molar-refractivity contribution in [2.45, 2.75) is 20.4 Å². The molecule has 0 bridgehead atoms. The molecule has 0 saturated carbocycles. The molecular weight excluding hydrogens is 188 g/mol. The molecule has 0 aliphatic rings. The highest BCUT2D eigenvalue weighted by molar-refractivity contribution is 5.87. The number of carbonyl (C=O) groups is 1. The molecule has 1 rings (SSSR count). The molecule has 0 radical (unpaired) electrons. The summed E-state index contributed by atoms with van der Waals surface area (Å²) in [5.74, 6) is 0.0526. The average Bonchev–Trinajstić information content (AvgIpc) is 2.27. The quantitative estimate of drug-likeness (QED) is 0.703. The van der Waals surface area contributed by atoms with Crippen LogP contribution in [-0.4, -0.2) is 22.3 Å². The lowest BCUT2D eigenvalue weighted by atomic mass is 10.2. The van der Waals surface area contributed by atoms with Crippen LogP contribution in [0.25, 0.3) is 0 Å². The van der Waals surface area contributed by atoms with Gasteiger partial charge in [-0.15, -0.1) is 0 Å². The molecule has 1 heterocycles. The Morgan fingerprint density at radius 2 is 2.13 bits per heavy atom. The molecule has 80 valence electrons. The van der Waals surface area contributed by atoms with E-state index in [0.717, 1.165) is 5.56 Å². The zero-order valence-electron chi connectivity index (χ0n) is 9.18. The van der Waals surface area contributed by atoms with Crippen molar-refractivity contribution in [1.29, 1.82) is 0 Å². The maximum Gasteiger partial charge on any atom is 0.246 e.